The van der Waals surface area contributed by atoms with E-state index in [4.69, 9.17) is 27.6 Å². The van der Waals surface area contributed by atoms with E-state index in [2.05, 4.69) is 4.72 Å². The number of hydrogen-bond acceptors (Lipinski definition) is 3. The van der Waals surface area contributed by atoms with E-state index < -0.39 is 10.0 Å². The molecular formula is C12H11Cl2NO3S. The van der Waals surface area contributed by atoms with Gasteiger partial charge in [-0.05, 0) is 24.3 Å². The third kappa shape index (κ3) is 3.51. The number of rotatable bonds is 5. The summed E-state index contributed by atoms with van der Waals surface area (Å²) in [6, 6.07) is 8.07. The highest BCUT2D eigenvalue weighted by Gasteiger charge is 2.20. The second kappa shape index (κ2) is 5.96. The van der Waals surface area contributed by atoms with E-state index in [-0.39, 0.29) is 21.5 Å². The van der Waals surface area contributed by atoms with Gasteiger partial charge in [0.05, 0.1) is 16.3 Å². The molecule has 102 valence electrons. The monoisotopic (exact) mass is 319 g/mol. The smallest absolute Gasteiger partial charge is 0.243 e. The van der Waals surface area contributed by atoms with Gasteiger partial charge in [-0.2, -0.15) is 0 Å². The second-order valence-electron chi connectivity index (χ2n) is 3.78. The third-order valence-electron chi connectivity index (χ3n) is 2.43. The van der Waals surface area contributed by atoms with Crippen molar-refractivity contribution >= 4 is 33.2 Å². The van der Waals surface area contributed by atoms with E-state index >= 15 is 0 Å². The maximum absolute atomic E-state index is 12.1. The predicted octanol–water partition coefficient (Wildman–Crippen LogP) is 3.11. The first-order valence-electron chi connectivity index (χ1n) is 5.47. The molecule has 0 radical (unpaired) electrons. The highest BCUT2D eigenvalue weighted by molar-refractivity contribution is 7.89. The number of halogens is 2. The summed E-state index contributed by atoms with van der Waals surface area (Å²) in [6.45, 7) is 0.206. The molecule has 0 aliphatic carbocycles. The van der Waals surface area contributed by atoms with Crippen LogP contribution in [0.4, 0.5) is 0 Å². The average molecular weight is 320 g/mol. The summed E-state index contributed by atoms with van der Waals surface area (Å²) in [5.41, 5.74) is 0. The van der Waals surface area contributed by atoms with Crippen LogP contribution in [0.3, 0.4) is 0 Å². The second-order valence-corrected chi connectivity index (χ2v) is 6.30. The molecule has 0 saturated carbocycles. The maximum Gasteiger partial charge on any atom is 0.243 e. The average Bonchev–Trinajstić information content (AvgIpc) is 2.81. The Balaban J connectivity index is 2.10. The minimum absolute atomic E-state index is 0.0954. The molecule has 0 unspecified atom stereocenters. The Hall–Kier alpha value is -1.01. The molecule has 7 heteroatoms. The van der Waals surface area contributed by atoms with Crippen molar-refractivity contribution in [2.45, 2.75) is 11.3 Å². The van der Waals surface area contributed by atoms with E-state index in [0.29, 0.717) is 12.2 Å². The first-order chi connectivity index (χ1) is 9.00. The van der Waals surface area contributed by atoms with E-state index in [9.17, 15) is 8.42 Å². The van der Waals surface area contributed by atoms with Crippen molar-refractivity contribution in [1.29, 1.82) is 0 Å². The van der Waals surface area contributed by atoms with Crippen LogP contribution >= 0.6 is 23.2 Å². The first kappa shape index (κ1) is 14.4. The van der Waals surface area contributed by atoms with Crippen LogP contribution in [0.15, 0.2) is 45.9 Å². The Bertz CT molecular complexity index is 633. The highest BCUT2D eigenvalue weighted by Crippen LogP contribution is 2.28. The Morgan fingerprint density at radius 2 is 1.79 bits per heavy atom. The van der Waals surface area contributed by atoms with E-state index in [0.717, 1.165) is 0 Å². The molecule has 1 heterocycles. The molecule has 0 aliphatic rings. The lowest BCUT2D eigenvalue weighted by atomic mass is 10.3. The summed E-state index contributed by atoms with van der Waals surface area (Å²) in [5, 5.41) is 0.191. The maximum atomic E-state index is 12.1. The molecule has 0 saturated heterocycles. The minimum Gasteiger partial charge on any atom is -0.469 e. The van der Waals surface area contributed by atoms with Gasteiger partial charge in [-0.25, -0.2) is 13.1 Å². The fraction of sp³-hybridized carbons (Fsp3) is 0.167. The van der Waals surface area contributed by atoms with Crippen LogP contribution in [0.2, 0.25) is 10.0 Å². The van der Waals surface area contributed by atoms with Crippen LogP contribution in [0.25, 0.3) is 0 Å². The molecule has 0 fully saturated rings. The van der Waals surface area contributed by atoms with Gasteiger partial charge in [0.25, 0.3) is 0 Å². The standard InChI is InChI=1S/C12H11Cl2NO3S/c13-10-4-1-5-11(14)12(10)19(16,17)15-7-6-9-3-2-8-18-9/h1-5,8,15H,6-7H2. The van der Waals surface area contributed by atoms with Crippen LogP contribution in [-0.4, -0.2) is 15.0 Å². The van der Waals surface area contributed by atoms with Gasteiger partial charge in [0.2, 0.25) is 10.0 Å². The van der Waals surface area contributed by atoms with Crippen molar-refractivity contribution < 1.29 is 12.8 Å². The van der Waals surface area contributed by atoms with Crippen molar-refractivity contribution in [3.8, 4) is 0 Å². The SMILES string of the molecule is O=S(=O)(NCCc1ccco1)c1c(Cl)cccc1Cl. The third-order valence-corrected chi connectivity index (χ3v) is 4.85. The number of benzene rings is 1. The van der Waals surface area contributed by atoms with Crippen molar-refractivity contribution in [3.05, 3.63) is 52.4 Å². The van der Waals surface area contributed by atoms with Crippen LogP contribution in [0.1, 0.15) is 5.76 Å². The Labute approximate surface area is 121 Å². The zero-order valence-corrected chi connectivity index (χ0v) is 12.1. The highest BCUT2D eigenvalue weighted by atomic mass is 35.5. The summed E-state index contributed by atoms with van der Waals surface area (Å²) in [4.78, 5) is -0.0993. The number of hydrogen-bond donors (Lipinski definition) is 1. The minimum atomic E-state index is -3.73. The van der Waals surface area contributed by atoms with Gasteiger partial charge in [-0.15, -0.1) is 0 Å². The molecule has 0 aliphatic heterocycles. The summed E-state index contributed by atoms with van der Waals surface area (Å²) in [6.07, 6.45) is 1.99. The van der Waals surface area contributed by atoms with Crippen LogP contribution in [-0.2, 0) is 16.4 Å². The summed E-state index contributed by atoms with van der Waals surface area (Å²) in [7, 11) is -3.73. The van der Waals surface area contributed by atoms with E-state index in [1.807, 2.05) is 0 Å². The van der Waals surface area contributed by atoms with Gasteiger partial charge in [-0.1, -0.05) is 29.3 Å². The first-order valence-corrected chi connectivity index (χ1v) is 7.70. The van der Waals surface area contributed by atoms with Crippen molar-refractivity contribution in [2.24, 2.45) is 0 Å². The van der Waals surface area contributed by atoms with E-state index in [1.54, 1.807) is 18.2 Å². The lowest BCUT2D eigenvalue weighted by molar-refractivity contribution is 0.506. The van der Waals surface area contributed by atoms with Gasteiger partial charge in [-0.3, -0.25) is 0 Å². The topological polar surface area (TPSA) is 59.3 Å². The lowest BCUT2D eigenvalue weighted by Crippen LogP contribution is -2.26. The Morgan fingerprint density at radius 3 is 2.37 bits per heavy atom. The molecule has 2 aromatic rings. The van der Waals surface area contributed by atoms with Crippen molar-refractivity contribution in [2.75, 3.05) is 6.54 Å². The van der Waals surface area contributed by atoms with E-state index in [1.165, 1.54) is 18.4 Å². The molecular weight excluding hydrogens is 309 g/mol. The molecule has 2 rings (SSSR count). The summed E-state index contributed by atoms with van der Waals surface area (Å²) < 4.78 is 31.7. The summed E-state index contributed by atoms with van der Waals surface area (Å²) in [5.74, 6) is 0.702. The molecule has 0 spiro atoms. The molecule has 1 aromatic carbocycles. The van der Waals surface area contributed by atoms with Crippen LogP contribution in [0, 0.1) is 0 Å². The van der Waals surface area contributed by atoms with Crippen molar-refractivity contribution in [3.63, 3.8) is 0 Å². The van der Waals surface area contributed by atoms with Gasteiger partial charge in [0.15, 0.2) is 0 Å². The molecule has 0 atom stereocenters. The largest absolute Gasteiger partial charge is 0.469 e. The van der Waals surface area contributed by atoms with Crippen LogP contribution < -0.4 is 4.72 Å². The van der Waals surface area contributed by atoms with Gasteiger partial charge < -0.3 is 4.42 Å². The Kier molecular flexibility index (Phi) is 4.52. The molecule has 1 aromatic heterocycles. The summed E-state index contributed by atoms with van der Waals surface area (Å²) >= 11 is 11.7. The number of sulfonamides is 1. The molecule has 19 heavy (non-hydrogen) atoms. The van der Waals surface area contributed by atoms with Gasteiger partial charge >= 0.3 is 0 Å². The zero-order chi connectivity index (χ0) is 13.9. The molecule has 0 amide bonds. The quantitative estimate of drug-likeness (QED) is 0.921. The fourth-order valence-electron chi connectivity index (χ4n) is 1.57. The van der Waals surface area contributed by atoms with Crippen molar-refractivity contribution in [1.82, 2.24) is 4.72 Å². The van der Waals surface area contributed by atoms with Gasteiger partial charge in [0, 0.05) is 13.0 Å². The number of nitrogens with one attached hydrogen (secondary N) is 1. The fourth-order valence-corrected chi connectivity index (χ4v) is 3.75. The predicted molar refractivity (Wildman–Crippen MR) is 74.1 cm³/mol. The van der Waals surface area contributed by atoms with Crippen LogP contribution in [0.5, 0.6) is 0 Å². The normalized spacial score (nSPS) is 11.7. The molecule has 4 nitrogen and oxygen atoms in total. The Morgan fingerprint density at radius 1 is 1.11 bits per heavy atom. The lowest BCUT2D eigenvalue weighted by Gasteiger charge is -2.09. The van der Waals surface area contributed by atoms with Gasteiger partial charge in [0.1, 0.15) is 10.7 Å². The zero-order valence-electron chi connectivity index (χ0n) is 9.77. The molecule has 0 bridgehead atoms. The number of furan rings is 1. The molecule has 1 N–H and O–H groups in total.